The Morgan fingerprint density at radius 3 is 2.47 bits per heavy atom. The number of thiocarbonyl (C=S) groups is 1. The van der Waals surface area contributed by atoms with Crippen molar-refractivity contribution in [3.05, 3.63) is 41.7 Å². The molecule has 0 bridgehead atoms. The summed E-state index contributed by atoms with van der Waals surface area (Å²) in [5.41, 5.74) is 4.08. The summed E-state index contributed by atoms with van der Waals surface area (Å²) < 4.78 is 1.88. The van der Waals surface area contributed by atoms with Gasteiger partial charge >= 0.3 is 0 Å². The fourth-order valence-corrected chi connectivity index (χ4v) is 1.95. The van der Waals surface area contributed by atoms with Crippen LogP contribution in [0.5, 0.6) is 0 Å². The van der Waals surface area contributed by atoms with Gasteiger partial charge in [-0.15, -0.1) is 0 Å². The first-order chi connectivity index (χ1) is 9.08. The Morgan fingerprint density at radius 1 is 1.21 bits per heavy atom. The Morgan fingerprint density at radius 2 is 1.89 bits per heavy atom. The van der Waals surface area contributed by atoms with Crippen molar-refractivity contribution in [2.24, 2.45) is 0 Å². The molecule has 0 aliphatic heterocycles. The van der Waals surface area contributed by atoms with Gasteiger partial charge < -0.3 is 10.6 Å². The molecule has 19 heavy (non-hydrogen) atoms. The zero-order valence-electron chi connectivity index (χ0n) is 11.4. The lowest BCUT2D eigenvalue weighted by atomic mass is 10.2. The maximum Gasteiger partial charge on any atom is 0.175 e. The van der Waals surface area contributed by atoms with E-state index in [1.807, 2.05) is 42.1 Å². The molecule has 2 rings (SSSR count). The van der Waals surface area contributed by atoms with Crippen LogP contribution < -0.4 is 10.6 Å². The molecule has 0 amide bonds. The third-order valence-corrected chi connectivity index (χ3v) is 3.03. The van der Waals surface area contributed by atoms with Crippen molar-refractivity contribution in [3.8, 4) is 0 Å². The van der Waals surface area contributed by atoms with Gasteiger partial charge in [0.05, 0.1) is 11.4 Å². The molecule has 5 heteroatoms. The minimum atomic E-state index is 0.572. The highest BCUT2D eigenvalue weighted by Crippen LogP contribution is 2.14. The number of hydrogen-bond donors (Lipinski definition) is 2. The predicted molar refractivity (Wildman–Crippen MR) is 83.7 cm³/mol. The maximum atomic E-state index is 5.30. The second kappa shape index (κ2) is 5.84. The molecule has 0 radical (unpaired) electrons. The van der Waals surface area contributed by atoms with E-state index in [4.69, 9.17) is 12.2 Å². The van der Waals surface area contributed by atoms with Gasteiger partial charge in [-0.05, 0) is 45.1 Å². The minimum absolute atomic E-state index is 0.572. The van der Waals surface area contributed by atoms with Gasteiger partial charge in [0.25, 0.3) is 0 Å². The minimum Gasteiger partial charge on any atom is -0.332 e. The van der Waals surface area contributed by atoms with E-state index in [2.05, 4.69) is 29.6 Å². The first-order valence-electron chi connectivity index (χ1n) is 6.27. The number of anilines is 2. The van der Waals surface area contributed by atoms with Crippen LogP contribution >= 0.6 is 12.2 Å². The van der Waals surface area contributed by atoms with E-state index in [0.29, 0.717) is 5.11 Å². The van der Waals surface area contributed by atoms with Gasteiger partial charge in [0, 0.05) is 18.4 Å². The van der Waals surface area contributed by atoms with Crippen LogP contribution in [0.4, 0.5) is 11.4 Å². The van der Waals surface area contributed by atoms with Crippen LogP contribution in [0, 0.1) is 13.8 Å². The molecule has 0 unspecified atom stereocenters. The third-order valence-electron chi connectivity index (χ3n) is 2.83. The van der Waals surface area contributed by atoms with Crippen molar-refractivity contribution in [2.75, 3.05) is 10.6 Å². The van der Waals surface area contributed by atoms with Crippen molar-refractivity contribution in [2.45, 2.75) is 27.3 Å². The fraction of sp³-hybridized carbons (Fsp3) is 0.286. The molecule has 100 valence electrons. The van der Waals surface area contributed by atoms with Gasteiger partial charge in [-0.3, -0.25) is 4.68 Å². The second-order valence-corrected chi connectivity index (χ2v) is 4.84. The molecule has 0 aliphatic carbocycles. The van der Waals surface area contributed by atoms with Gasteiger partial charge in [-0.2, -0.15) is 5.10 Å². The molecule has 0 atom stereocenters. The largest absolute Gasteiger partial charge is 0.332 e. The van der Waals surface area contributed by atoms with E-state index in [9.17, 15) is 0 Å². The summed E-state index contributed by atoms with van der Waals surface area (Å²) in [5.74, 6) is 0. The first kappa shape index (κ1) is 13.5. The quantitative estimate of drug-likeness (QED) is 0.843. The number of rotatable bonds is 3. The van der Waals surface area contributed by atoms with E-state index in [1.165, 1.54) is 5.56 Å². The van der Waals surface area contributed by atoms with E-state index in [1.54, 1.807) is 0 Å². The molecular formula is C14H18N4S. The fourth-order valence-electron chi connectivity index (χ4n) is 1.72. The summed E-state index contributed by atoms with van der Waals surface area (Å²) in [7, 11) is 0. The van der Waals surface area contributed by atoms with E-state index >= 15 is 0 Å². The topological polar surface area (TPSA) is 41.9 Å². The van der Waals surface area contributed by atoms with Crippen molar-refractivity contribution >= 4 is 28.7 Å². The average Bonchev–Trinajstić information content (AvgIpc) is 2.73. The smallest absolute Gasteiger partial charge is 0.175 e. The Bertz CT molecular complexity index is 572. The summed E-state index contributed by atoms with van der Waals surface area (Å²) in [6.45, 7) is 6.92. The highest BCUT2D eigenvalue weighted by Gasteiger charge is 2.05. The lowest BCUT2D eigenvalue weighted by Gasteiger charge is -2.09. The number of aromatic nitrogens is 2. The normalized spacial score (nSPS) is 10.3. The molecular weight excluding hydrogens is 256 g/mol. The summed E-state index contributed by atoms with van der Waals surface area (Å²) in [4.78, 5) is 0. The Labute approximate surface area is 118 Å². The number of aryl methyl sites for hydroxylation is 3. The van der Waals surface area contributed by atoms with Crippen LogP contribution in [0.1, 0.15) is 18.2 Å². The summed E-state index contributed by atoms with van der Waals surface area (Å²) in [6.07, 6.45) is 1.96. The van der Waals surface area contributed by atoms with Crippen LogP contribution in [0.3, 0.4) is 0 Å². The Kier molecular flexibility index (Phi) is 4.16. The standard InChI is InChI=1S/C14H18N4S/c1-4-18-9-13(11(3)17-18)16-14(19)15-12-7-5-10(2)6-8-12/h5-9H,4H2,1-3H3,(H2,15,16,19). The van der Waals surface area contributed by atoms with Crippen LogP contribution in [-0.2, 0) is 6.54 Å². The van der Waals surface area contributed by atoms with Crippen LogP contribution in [0.2, 0.25) is 0 Å². The summed E-state index contributed by atoms with van der Waals surface area (Å²) >= 11 is 5.30. The molecule has 4 nitrogen and oxygen atoms in total. The van der Waals surface area contributed by atoms with Crippen LogP contribution in [0.15, 0.2) is 30.5 Å². The average molecular weight is 274 g/mol. The molecule has 0 fully saturated rings. The third kappa shape index (κ3) is 3.54. The maximum absolute atomic E-state index is 5.30. The predicted octanol–water partition coefficient (Wildman–Crippen LogP) is 3.33. The van der Waals surface area contributed by atoms with E-state index in [-0.39, 0.29) is 0 Å². The molecule has 1 aromatic heterocycles. The van der Waals surface area contributed by atoms with Gasteiger partial charge in [0.1, 0.15) is 0 Å². The van der Waals surface area contributed by atoms with Crippen molar-refractivity contribution in [3.63, 3.8) is 0 Å². The summed E-state index contributed by atoms with van der Waals surface area (Å²) in [5, 5.41) is 11.3. The molecule has 0 saturated heterocycles. The number of hydrogen-bond acceptors (Lipinski definition) is 2. The number of benzene rings is 1. The molecule has 1 aromatic carbocycles. The van der Waals surface area contributed by atoms with Gasteiger partial charge in [0.15, 0.2) is 5.11 Å². The molecule has 2 N–H and O–H groups in total. The molecule has 0 spiro atoms. The van der Waals surface area contributed by atoms with Gasteiger partial charge in [-0.1, -0.05) is 17.7 Å². The molecule has 2 aromatic rings. The highest BCUT2D eigenvalue weighted by molar-refractivity contribution is 7.80. The molecule has 1 heterocycles. The highest BCUT2D eigenvalue weighted by atomic mass is 32.1. The zero-order valence-corrected chi connectivity index (χ0v) is 12.2. The second-order valence-electron chi connectivity index (χ2n) is 4.43. The first-order valence-corrected chi connectivity index (χ1v) is 6.68. The van der Waals surface area contributed by atoms with E-state index < -0.39 is 0 Å². The number of nitrogens with zero attached hydrogens (tertiary/aromatic N) is 2. The monoisotopic (exact) mass is 274 g/mol. The molecule has 0 saturated carbocycles. The van der Waals surface area contributed by atoms with Crippen molar-refractivity contribution < 1.29 is 0 Å². The summed E-state index contributed by atoms with van der Waals surface area (Å²) in [6, 6.07) is 8.11. The van der Waals surface area contributed by atoms with Crippen LogP contribution in [-0.4, -0.2) is 14.9 Å². The van der Waals surface area contributed by atoms with Crippen molar-refractivity contribution in [1.29, 1.82) is 0 Å². The zero-order chi connectivity index (χ0) is 13.8. The Balaban J connectivity index is 2.00. The van der Waals surface area contributed by atoms with E-state index in [0.717, 1.165) is 23.6 Å². The van der Waals surface area contributed by atoms with Gasteiger partial charge in [-0.25, -0.2) is 0 Å². The number of nitrogens with one attached hydrogen (secondary N) is 2. The lowest BCUT2D eigenvalue weighted by molar-refractivity contribution is 0.653. The lowest BCUT2D eigenvalue weighted by Crippen LogP contribution is -2.19. The molecule has 0 aliphatic rings. The van der Waals surface area contributed by atoms with Gasteiger partial charge in [0.2, 0.25) is 0 Å². The van der Waals surface area contributed by atoms with Crippen LogP contribution in [0.25, 0.3) is 0 Å². The Hall–Kier alpha value is -1.88. The van der Waals surface area contributed by atoms with Crippen molar-refractivity contribution in [1.82, 2.24) is 9.78 Å². The SMILES string of the molecule is CCn1cc(NC(=S)Nc2ccc(C)cc2)c(C)n1.